The van der Waals surface area contributed by atoms with Crippen LogP contribution in [0.25, 0.3) is 16.7 Å². The van der Waals surface area contributed by atoms with E-state index in [0.29, 0.717) is 10.9 Å². The van der Waals surface area contributed by atoms with E-state index in [9.17, 15) is 0 Å². The lowest BCUT2D eigenvalue weighted by molar-refractivity contribution is 0.981. The second-order valence-electron chi connectivity index (χ2n) is 4.59. The number of aromatic nitrogens is 2. The normalized spacial score (nSPS) is 11.2. The van der Waals surface area contributed by atoms with Crippen molar-refractivity contribution in [2.75, 3.05) is 0 Å². The molecular weight excluding hydrogens is 359 g/mol. The average molecular weight is 370 g/mol. The summed E-state index contributed by atoms with van der Waals surface area (Å²) in [5, 5.41) is 0.682. The number of nitrogens with zero attached hydrogens (tertiary/aromatic N) is 2. The Morgan fingerprint density at radius 1 is 1.20 bits per heavy atom. The molecule has 0 N–H and O–H groups in total. The molecule has 1 heterocycles. The number of hydrogen-bond acceptors (Lipinski definition) is 1. The van der Waals surface area contributed by atoms with E-state index in [0.717, 1.165) is 27.0 Å². The Morgan fingerprint density at radius 2 is 2.00 bits per heavy atom. The van der Waals surface area contributed by atoms with Gasteiger partial charge in [0.05, 0.1) is 21.9 Å². The summed E-state index contributed by atoms with van der Waals surface area (Å²) < 4.78 is 2.91. The molecule has 0 aliphatic heterocycles. The Bertz CT molecular complexity index is 796. The van der Waals surface area contributed by atoms with Gasteiger partial charge in [-0.2, -0.15) is 0 Å². The standard InChI is InChI=1S/C15H11BrCl2N2/c1-9-2-5-14-13(6-9)19-15(8-17)20(14)10-3-4-12(18)11(16)7-10/h2-7H,8H2,1H3. The molecule has 0 unspecified atom stereocenters. The maximum absolute atomic E-state index is 6.06. The number of halogens is 3. The molecule has 3 rings (SSSR count). The molecule has 1 aromatic heterocycles. The summed E-state index contributed by atoms with van der Waals surface area (Å²) in [4.78, 5) is 4.60. The van der Waals surface area contributed by atoms with Gasteiger partial charge in [-0.3, -0.25) is 4.57 Å². The van der Waals surface area contributed by atoms with Crippen LogP contribution in [0.15, 0.2) is 40.9 Å². The zero-order valence-corrected chi connectivity index (χ0v) is 13.8. The number of rotatable bonds is 2. The van der Waals surface area contributed by atoms with E-state index < -0.39 is 0 Å². The third-order valence-electron chi connectivity index (χ3n) is 3.16. The zero-order valence-electron chi connectivity index (χ0n) is 10.7. The molecule has 102 valence electrons. The molecule has 0 aliphatic rings. The third kappa shape index (κ3) is 2.34. The van der Waals surface area contributed by atoms with Gasteiger partial charge in [0.15, 0.2) is 0 Å². The second-order valence-corrected chi connectivity index (χ2v) is 6.12. The van der Waals surface area contributed by atoms with Crippen LogP contribution in [-0.2, 0) is 5.88 Å². The number of imidazole rings is 1. The van der Waals surface area contributed by atoms with Crippen LogP contribution in [0.2, 0.25) is 5.02 Å². The van der Waals surface area contributed by atoms with Crippen molar-refractivity contribution >= 4 is 50.2 Å². The van der Waals surface area contributed by atoms with E-state index in [-0.39, 0.29) is 0 Å². The molecule has 2 aromatic carbocycles. The predicted molar refractivity (Wildman–Crippen MR) is 88.1 cm³/mol. The molecular formula is C15H11BrCl2N2. The van der Waals surface area contributed by atoms with E-state index in [4.69, 9.17) is 23.2 Å². The number of alkyl halides is 1. The first-order valence-electron chi connectivity index (χ1n) is 6.09. The largest absolute Gasteiger partial charge is 0.295 e. The fourth-order valence-electron chi connectivity index (χ4n) is 2.24. The summed E-state index contributed by atoms with van der Waals surface area (Å²) in [6.45, 7) is 2.05. The van der Waals surface area contributed by atoms with Crippen LogP contribution in [0.1, 0.15) is 11.4 Å². The van der Waals surface area contributed by atoms with Crippen molar-refractivity contribution in [2.45, 2.75) is 12.8 Å². The van der Waals surface area contributed by atoms with Gasteiger partial charge in [-0.15, -0.1) is 11.6 Å². The summed E-state index contributed by atoms with van der Waals surface area (Å²) in [6, 6.07) is 12.0. The molecule has 2 nitrogen and oxygen atoms in total. The quantitative estimate of drug-likeness (QED) is 0.546. The molecule has 0 aliphatic carbocycles. The number of fused-ring (bicyclic) bond motifs is 1. The van der Waals surface area contributed by atoms with E-state index in [1.54, 1.807) is 0 Å². The number of hydrogen-bond donors (Lipinski definition) is 0. The van der Waals surface area contributed by atoms with Crippen molar-refractivity contribution in [3.8, 4) is 5.69 Å². The molecule has 0 saturated heterocycles. The minimum absolute atomic E-state index is 0.355. The van der Waals surface area contributed by atoms with Crippen molar-refractivity contribution in [3.05, 3.63) is 57.3 Å². The molecule has 0 saturated carbocycles. The van der Waals surface area contributed by atoms with Crippen molar-refractivity contribution in [1.82, 2.24) is 9.55 Å². The smallest absolute Gasteiger partial charge is 0.129 e. The zero-order chi connectivity index (χ0) is 14.3. The molecule has 0 fully saturated rings. The fraction of sp³-hybridized carbons (Fsp3) is 0.133. The monoisotopic (exact) mass is 368 g/mol. The van der Waals surface area contributed by atoms with Crippen LogP contribution < -0.4 is 0 Å². The van der Waals surface area contributed by atoms with E-state index in [2.05, 4.69) is 50.6 Å². The molecule has 3 aromatic rings. The first-order chi connectivity index (χ1) is 9.60. The number of aryl methyl sites for hydroxylation is 1. The van der Waals surface area contributed by atoms with Crippen LogP contribution in [-0.4, -0.2) is 9.55 Å². The summed E-state index contributed by atoms with van der Waals surface area (Å²) in [5.74, 6) is 1.18. The van der Waals surface area contributed by atoms with Gasteiger partial charge in [-0.25, -0.2) is 4.98 Å². The van der Waals surface area contributed by atoms with Gasteiger partial charge in [-0.05, 0) is 58.7 Å². The van der Waals surface area contributed by atoms with Crippen molar-refractivity contribution in [3.63, 3.8) is 0 Å². The molecule has 5 heteroatoms. The lowest BCUT2D eigenvalue weighted by Gasteiger charge is -2.09. The van der Waals surface area contributed by atoms with E-state index in [1.807, 2.05) is 18.2 Å². The van der Waals surface area contributed by atoms with Gasteiger partial charge in [0.25, 0.3) is 0 Å². The maximum atomic E-state index is 6.06. The highest BCUT2D eigenvalue weighted by atomic mass is 79.9. The number of benzene rings is 2. The minimum Gasteiger partial charge on any atom is -0.295 e. The van der Waals surface area contributed by atoms with Crippen LogP contribution in [0.4, 0.5) is 0 Å². The minimum atomic E-state index is 0.355. The van der Waals surface area contributed by atoms with E-state index >= 15 is 0 Å². The Kier molecular flexibility index (Phi) is 3.76. The predicted octanol–water partition coefficient (Wildman–Crippen LogP) is 5.49. The SMILES string of the molecule is Cc1ccc2c(c1)nc(CCl)n2-c1ccc(Cl)c(Br)c1. The molecule has 0 bridgehead atoms. The summed E-state index contributed by atoms with van der Waals surface area (Å²) in [7, 11) is 0. The van der Waals surface area contributed by atoms with Crippen LogP contribution in [0.3, 0.4) is 0 Å². The van der Waals surface area contributed by atoms with Gasteiger partial charge in [0, 0.05) is 10.2 Å². The summed E-state index contributed by atoms with van der Waals surface area (Å²) >= 11 is 15.6. The highest BCUT2D eigenvalue weighted by molar-refractivity contribution is 9.10. The fourth-order valence-corrected chi connectivity index (χ4v) is 2.91. The Hall–Kier alpha value is -1.03. The first kappa shape index (κ1) is 13.9. The Labute approximate surface area is 135 Å². The van der Waals surface area contributed by atoms with Crippen LogP contribution in [0.5, 0.6) is 0 Å². The average Bonchev–Trinajstić information content (AvgIpc) is 2.79. The Balaban J connectivity index is 2.30. The van der Waals surface area contributed by atoms with Crippen molar-refractivity contribution in [1.29, 1.82) is 0 Å². The second kappa shape index (κ2) is 5.40. The Morgan fingerprint density at radius 3 is 2.70 bits per heavy atom. The molecule has 0 spiro atoms. The van der Waals surface area contributed by atoms with Crippen molar-refractivity contribution in [2.24, 2.45) is 0 Å². The highest BCUT2D eigenvalue weighted by Gasteiger charge is 2.12. The first-order valence-corrected chi connectivity index (χ1v) is 7.80. The lowest BCUT2D eigenvalue weighted by Crippen LogP contribution is -1.99. The maximum Gasteiger partial charge on any atom is 0.129 e. The van der Waals surface area contributed by atoms with Gasteiger partial charge in [-0.1, -0.05) is 17.7 Å². The lowest BCUT2D eigenvalue weighted by atomic mass is 10.2. The molecule has 20 heavy (non-hydrogen) atoms. The van der Waals surface area contributed by atoms with Gasteiger partial charge < -0.3 is 0 Å². The van der Waals surface area contributed by atoms with Gasteiger partial charge in [0.1, 0.15) is 5.82 Å². The van der Waals surface area contributed by atoms with Gasteiger partial charge in [0.2, 0.25) is 0 Å². The van der Waals surface area contributed by atoms with Crippen LogP contribution in [0, 0.1) is 6.92 Å². The summed E-state index contributed by atoms with van der Waals surface area (Å²) in [5.41, 5.74) is 4.16. The molecule has 0 atom stereocenters. The third-order valence-corrected chi connectivity index (χ3v) is 4.61. The topological polar surface area (TPSA) is 17.8 Å². The molecule has 0 amide bonds. The highest BCUT2D eigenvalue weighted by Crippen LogP contribution is 2.29. The van der Waals surface area contributed by atoms with Crippen molar-refractivity contribution < 1.29 is 0 Å². The summed E-state index contributed by atoms with van der Waals surface area (Å²) in [6.07, 6.45) is 0. The molecule has 0 radical (unpaired) electrons. The van der Waals surface area contributed by atoms with E-state index in [1.165, 1.54) is 5.56 Å². The van der Waals surface area contributed by atoms with Gasteiger partial charge >= 0.3 is 0 Å². The van der Waals surface area contributed by atoms with Crippen LogP contribution >= 0.6 is 39.1 Å².